The molecule has 2 aromatic rings. The van der Waals surface area contributed by atoms with Crippen molar-refractivity contribution in [2.45, 2.75) is 40.2 Å². The van der Waals surface area contributed by atoms with E-state index in [0.29, 0.717) is 23.6 Å². The Morgan fingerprint density at radius 1 is 1.47 bits per heavy atom. The number of anilines is 1. The van der Waals surface area contributed by atoms with Gasteiger partial charge in [-0.05, 0) is 32.4 Å². The van der Waals surface area contributed by atoms with Gasteiger partial charge in [-0.1, -0.05) is 19.4 Å². The van der Waals surface area contributed by atoms with Crippen LogP contribution in [0.15, 0.2) is 50.8 Å². The van der Waals surface area contributed by atoms with Gasteiger partial charge in [-0.3, -0.25) is 9.36 Å². The second-order valence-electron chi connectivity index (χ2n) is 6.69. The minimum atomic E-state index is -0.520. The van der Waals surface area contributed by atoms with E-state index in [4.69, 9.17) is 5.41 Å². The Balaban J connectivity index is 2.62. The number of nitrogens with one attached hydrogen (secondary N) is 1. The Labute approximate surface area is 175 Å². The van der Waals surface area contributed by atoms with Crippen molar-refractivity contribution >= 4 is 17.7 Å². The second-order valence-corrected chi connectivity index (χ2v) is 6.69. The monoisotopic (exact) mass is 407 g/mol. The van der Waals surface area contributed by atoms with Crippen LogP contribution in [0, 0.1) is 23.7 Å². The van der Waals surface area contributed by atoms with Gasteiger partial charge < -0.3 is 15.4 Å². The maximum atomic E-state index is 12.9. The quantitative estimate of drug-likeness (QED) is 0.504. The number of pyridine rings is 2. The van der Waals surface area contributed by atoms with Crippen molar-refractivity contribution in [3.05, 3.63) is 57.3 Å². The molecule has 0 fully saturated rings. The fraction of sp³-hybridized carbons (Fsp3) is 0.333. The summed E-state index contributed by atoms with van der Waals surface area (Å²) >= 11 is 0. The third-order valence-electron chi connectivity index (χ3n) is 4.63. The van der Waals surface area contributed by atoms with Crippen LogP contribution in [0.5, 0.6) is 5.88 Å². The van der Waals surface area contributed by atoms with Gasteiger partial charge in [-0.25, -0.2) is 4.98 Å². The highest BCUT2D eigenvalue weighted by atomic mass is 16.3. The Hall–Kier alpha value is -3.80. The first-order chi connectivity index (χ1) is 14.4. The van der Waals surface area contributed by atoms with Gasteiger partial charge in [0.15, 0.2) is 11.5 Å². The fourth-order valence-electron chi connectivity index (χ4n) is 2.81. The van der Waals surface area contributed by atoms with E-state index in [1.54, 1.807) is 44.1 Å². The van der Waals surface area contributed by atoms with E-state index in [0.717, 1.165) is 17.2 Å². The summed E-state index contributed by atoms with van der Waals surface area (Å²) < 4.78 is 1.15. The average Bonchev–Trinajstić information content (AvgIpc) is 2.76. The molecule has 0 aliphatic rings. The fourth-order valence-corrected chi connectivity index (χ4v) is 2.81. The summed E-state index contributed by atoms with van der Waals surface area (Å²) in [6.07, 6.45) is 4.25. The van der Waals surface area contributed by atoms with Crippen molar-refractivity contribution in [2.24, 2.45) is 10.2 Å². The molecular formula is C21H25N7O2. The minimum Gasteiger partial charge on any atom is -0.493 e. The van der Waals surface area contributed by atoms with Crippen LogP contribution in [0.1, 0.15) is 37.8 Å². The number of allylic oxidation sites excluding steroid dienone is 1. The first kappa shape index (κ1) is 22.5. The Morgan fingerprint density at radius 3 is 2.77 bits per heavy atom. The predicted octanol–water partition coefficient (Wildman–Crippen LogP) is 4.03. The summed E-state index contributed by atoms with van der Waals surface area (Å²) in [4.78, 5) is 18.8. The zero-order valence-electron chi connectivity index (χ0n) is 17.5. The van der Waals surface area contributed by atoms with Gasteiger partial charge in [-0.15, -0.1) is 10.2 Å². The minimum absolute atomic E-state index is 0.00737. The lowest BCUT2D eigenvalue weighted by Gasteiger charge is -2.19. The number of aromatic hydroxyl groups is 1. The third kappa shape index (κ3) is 4.60. The van der Waals surface area contributed by atoms with Crippen LogP contribution in [-0.4, -0.2) is 27.9 Å². The third-order valence-corrected chi connectivity index (χ3v) is 4.63. The highest BCUT2D eigenvalue weighted by Crippen LogP contribution is 2.27. The average molecular weight is 407 g/mol. The molecule has 2 heterocycles. The molecule has 0 aliphatic heterocycles. The number of nitriles is 1. The Morgan fingerprint density at radius 2 is 2.20 bits per heavy atom. The molecule has 2 aromatic heterocycles. The zero-order valence-corrected chi connectivity index (χ0v) is 17.5. The molecule has 0 aromatic carbocycles. The number of unbranched alkanes of at least 4 members (excludes halogenated alkanes) is 1. The number of azo groups is 1. The summed E-state index contributed by atoms with van der Waals surface area (Å²) in [6.45, 7) is 5.49. The molecule has 2 rings (SSSR count). The molecule has 0 radical (unpaired) electrons. The lowest BCUT2D eigenvalue weighted by atomic mass is 10.1. The van der Waals surface area contributed by atoms with Crippen LogP contribution in [-0.2, 0) is 6.54 Å². The van der Waals surface area contributed by atoms with Gasteiger partial charge in [0.1, 0.15) is 17.5 Å². The van der Waals surface area contributed by atoms with Gasteiger partial charge in [0, 0.05) is 37.1 Å². The molecule has 0 bridgehead atoms. The summed E-state index contributed by atoms with van der Waals surface area (Å²) in [5, 5.41) is 35.8. The molecule has 2 N–H and O–H groups in total. The highest BCUT2D eigenvalue weighted by molar-refractivity contribution is 5.77. The van der Waals surface area contributed by atoms with Crippen LogP contribution < -0.4 is 10.5 Å². The van der Waals surface area contributed by atoms with E-state index in [9.17, 15) is 15.2 Å². The van der Waals surface area contributed by atoms with E-state index < -0.39 is 5.56 Å². The molecule has 0 unspecified atom stereocenters. The normalized spacial score (nSPS) is 11.8. The van der Waals surface area contributed by atoms with E-state index in [1.807, 2.05) is 19.1 Å². The first-order valence-corrected chi connectivity index (χ1v) is 9.51. The van der Waals surface area contributed by atoms with Gasteiger partial charge in [0.2, 0.25) is 5.88 Å². The van der Waals surface area contributed by atoms with E-state index in [-0.39, 0.29) is 29.2 Å². The second kappa shape index (κ2) is 10.1. The molecule has 0 saturated heterocycles. The van der Waals surface area contributed by atoms with Gasteiger partial charge in [-0.2, -0.15) is 5.26 Å². The van der Waals surface area contributed by atoms with Crippen molar-refractivity contribution in [3.63, 3.8) is 0 Å². The maximum Gasteiger partial charge on any atom is 0.281 e. The molecule has 9 nitrogen and oxygen atoms in total. The molecule has 156 valence electrons. The summed E-state index contributed by atoms with van der Waals surface area (Å²) in [7, 11) is 1.73. The highest BCUT2D eigenvalue weighted by Gasteiger charge is 2.19. The first-order valence-electron chi connectivity index (χ1n) is 9.51. The molecule has 0 spiro atoms. The molecule has 0 amide bonds. The molecule has 0 saturated carbocycles. The van der Waals surface area contributed by atoms with E-state index in [1.165, 1.54) is 0 Å². The summed E-state index contributed by atoms with van der Waals surface area (Å²) in [5.74, 6) is 0.562. The van der Waals surface area contributed by atoms with Crippen LogP contribution in [0.3, 0.4) is 0 Å². The largest absolute Gasteiger partial charge is 0.493 e. The standard InChI is InChI=1S/C21H25N7O2/c1-5-6-11-28-20(29)16(13-23)15(3)18(21(28)30)25-26-19(14(2)12-22)27(4)17-9-7-8-10-24-17/h7-10,12,22,29H,5-6,11H2,1-4H3/b19-14-,22-12?,26-25?. The molecular weight excluding hydrogens is 382 g/mol. The van der Waals surface area contributed by atoms with Crippen molar-refractivity contribution in [1.29, 1.82) is 10.7 Å². The lowest BCUT2D eigenvalue weighted by Crippen LogP contribution is -2.22. The van der Waals surface area contributed by atoms with Crippen LogP contribution in [0.25, 0.3) is 0 Å². The topological polar surface area (TPSA) is 131 Å². The number of hydrogen-bond donors (Lipinski definition) is 2. The number of nitrogens with zero attached hydrogens (tertiary/aromatic N) is 6. The van der Waals surface area contributed by atoms with E-state index >= 15 is 0 Å². The Kier molecular flexibility index (Phi) is 7.58. The summed E-state index contributed by atoms with van der Waals surface area (Å²) in [6, 6.07) is 7.33. The number of rotatable bonds is 8. The molecule has 30 heavy (non-hydrogen) atoms. The SMILES string of the molecule is CCCCn1c(O)c(C#N)c(C)c(N=N/C(=C(\C)C=N)N(C)c2ccccn2)c1=O. The van der Waals surface area contributed by atoms with Crippen LogP contribution in [0.2, 0.25) is 0 Å². The zero-order chi connectivity index (χ0) is 22.3. The molecule has 0 aliphatic carbocycles. The number of aromatic nitrogens is 2. The lowest BCUT2D eigenvalue weighted by molar-refractivity contribution is 0.399. The predicted molar refractivity (Wildman–Crippen MR) is 115 cm³/mol. The Bertz CT molecular complexity index is 1080. The maximum absolute atomic E-state index is 12.9. The van der Waals surface area contributed by atoms with Crippen molar-refractivity contribution in [2.75, 3.05) is 11.9 Å². The van der Waals surface area contributed by atoms with Crippen molar-refractivity contribution in [3.8, 4) is 11.9 Å². The molecule has 0 atom stereocenters. The van der Waals surface area contributed by atoms with Crippen LogP contribution in [0.4, 0.5) is 11.5 Å². The van der Waals surface area contributed by atoms with E-state index in [2.05, 4.69) is 15.2 Å². The molecule has 9 heteroatoms. The smallest absolute Gasteiger partial charge is 0.281 e. The van der Waals surface area contributed by atoms with Crippen molar-refractivity contribution < 1.29 is 5.11 Å². The summed E-state index contributed by atoms with van der Waals surface area (Å²) in [5.41, 5.74) is 0.213. The number of hydrogen-bond acceptors (Lipinski definition) is 8. The van der Waals surface area contributed by atoms with Gasteiger partial charge >= 0.3 is 0 Å². The van der Waals surface area contributed by atoms with Crippen LogP contribution >= 0.6 is 0 Å². The van der Waals surface area contributed by atoms with Crippen molar-refractivity contribution in [1.82, 2.24) is 9.55 Å². The van der Waals surface area contributed by atoms with Gasteiger partial charge in [0.25, 0.3) is 5.56 Å². The van der Waals surface area contributed by atoms with Gasteiger partial charge in [0.05, 0.1) is 0 Å².